The second-order valence-corrected chi connectivity index (χ2v) is 4.94. The molecule has 3 unspecified atom stereocenters. The van der Waals surface area contributed by atoms with Crippen molar-refractivity contribution in [1.29, 1.82) is 0 Å². The van der Waals surface area contributed by atoms with E-state index in [4.69, 9.17) is 11.5 Å². The lowest BCUT2D eigenvalue weighted by Gasteiger charge is -2.36. The molecule has 0 aromatic heterocycles. The summed E-state index contributed by atoms with van der Waals surface area (Å²) in [5.74, 6) is 1.86. The first kappa shape index (κ1) is 14.4. The summed E-state index contributed by atoms with van der Waals surface area (Å²) in [5.41, 5.74) is 0. The molecule has 0 saturated carbocycles. The molecule has 100 valence electrons. The lowest BCUT2D eigenvalue weighted by molar-refractivity contribution is -0.143. The molecule has 18 heavy (non-hydrogen) atoms. The van der Waals surface area contributed by atoms with Crippen molar-refractivity contribution >= 4 is 12.0 Å². The molecule has 1 aliphatic heterocycles. The number of carboxylic acids is 1. The highest BCUT2D eigenvalue weighted by Gasteiger charge is 2.34. The van der Waals surface area contributed by atoms with E-state index in [0.29, 0.717) is 25.3 Å². The van der Waals surface area contributed by atoms with Gasteiger partial charge in [0.1, 0.15) is 6.04 Å². The van der Waals surface area contributed by atoms with Crippen LogP contribution < -0.4 is 5.32 Å². The third-order valence-electron chi connectivity index (χ3n) is 3.20. The number of carbonyl (C=O) groups excluding carboxylic acids is 1. The first-order valence-corrected chi connectivity index (χ1v) is 6.19. The number of hydrogen-bond donors (Lipinski definition) is 2. The zero-order chi connectivity index (χ0) is 13.7. The molecule has 0 bridgehead atoms. The minimum atomic E-state index is -0.943. The summed E-state index contributed by atoms with van der Waals surface area (Å²) in [4.78, 5) is 24.6. The normalized spacial score (nSPS) is 25.1. The van der Waals surface area contributed by atoms with Crippen molar-refractivity contribution in [3.63, 3.8) is 0 Å². The van der Waals surface area contributed by atoms with Crippen molar-refractivity contribution in [1.82, 2.24) is 10.2 Å². The average molecular weight is 252 g/mol. The molecular formula is C13H20N2O3. The van der Waals surface area contributed by atoms with E-state index in [1.165, 1.54) is 4.90 Å². The van der Waals surface area contributed by atoms with Crippen LogP contribution in [0.3, 0.4) is 0 Å². The molecule has 1 fully saturated rings. The molecule has 3 atom stereocenters. The largest absolute Gasteiger partial charge is 0.480 e. The topological polar surface area (TPSA) is 69.6 Å². The quantitative estimate of drug-likeness (QED) is 0.744. The van der Waals surface area contributed by atoms with Gasteiger partial charge in [-0.05, 0) is 25.7 Å². The van der Waals surface area contributed by atoms with E-state index in [-0.39, 0.29) is 12.1 Å². The summed E-state index contributed by atoms with van der Waals surface area (Å²) in [7, 11) is 0. The smallest absolute Gasteiger partial charge is 0.326 e. The van der Waals surface area contributed by atoms with Crippen LogP contribution in [-0.2, 0) is 4.79 Å². The predicted molar refractivity (Wildman–Crippen MR) is 68.0 cm³/mol. The highest BCUT2D eigenvalue weighted by molar-refractivity contribution is 5.83. The highest BCUT2D eigenvalue weighted by atomic mass is 16.4. The Morgan fingerprint density at radius 3 is 2.83 bits per heavy atom. The molecular weight excluding hydrogens is 232 g/mol. The maximum atomic E-state index is 12.0. The summed E-state index contributed by atoms with van der Waals surface area (Å²) < 4.78 is 0. The average Bonchev–Trinajstić information content (AvgIpc) is 2.28. The standard InChI is InChI=1S/C13H20N2O3/c1-4-5-10(3)14-13(18)15-7-6-9(2)8-11(15)12(16)17/h1,9-11H,5-8H2,2-3H3,(H,14,18)(H,16,17). The number of nitrogens with one attached hydrogen (secondary N) is 1. The van der Waals surface area contributed by atoms with Crippen LogP contribution in [0.4, 0.5) is 4.79 Å². The number of urea groups is 1. The number of carboxylic acid groups (broad SMARTS) is 1. The molecule has 1 heterocycles. The van der Waals surface area contributed by atoms with E-state index in [1.54, 1.807) is 6.92 Å². The third kappa shape index (κ3) is 3.66. The van der Waals surface area contributed by atoms with Crippen molar-refractivity contribution in [2.75, 3.05) is 6.54 Å². The van der Waals surface area contributed by atoms with Gasteiger partial charge in [0.2, 0.25) is 0 Å². The number of carbonyl (C=O) groups is 2. The molecule has 0 aromatic carbocycles. The molecule has 0 aromatic rings. The van der Waals surface area contributed by atoms with E-state index < -0.39 is 12.0 Å². The fourth-order valence-corrected chi connectivity index (χ4v) is 2.14. The number of likely N-dealkylation sites (tertiary alicyclic amines) is 1. The molecule has 1 rings (SSSR count). The van der Waals surface area contributed by atoms with Crippen LogP contribution in [-0.4, -0.2) is 40.6 Å². The van der Waals surface area contributed by atoms with Gasteiger partial charge in [0.05, 0.1) is 0 Å². The number of aliphatic carboxylic acids is 1. The van der Waals surface area contributed by atoms with E-state index in [2.05, 4.69) is 11.2 Å². The lowest BCUT2D eigenvalue weighted by Crippen LogP contribution is -2.54. The second-order valence-electron chi connectivity index (χ2n) is 4.94. The second kappa shape index (κ2) is 6.29. The predicted octanol–water partition coefficient (Wildman–Crippen LogP) is 1.29. The van der Waals surface area contributed by atoms with Crippen molar-refractivity contribution in [2.24, 2.45) is 5.92 Å². The Balaban J connectivity index is 2.65. The van der Waals surface area contributed by atoms with Gasteiger partial charge >= 0.3 is 12.0 Å². The Labute approximate surface area is 108 Å². The monoisotopic (exact) mass is 252 g/mol. The third-order valence-corrected chi connectivity index (χ3v) is 3.20. The van der Waals surface area contributed by atoms with Gasteiger partial charge in [-0.15, -0.1) is 12.3 Å². The summed E-state index contributed by atoms with van der Waals surface area (Å²) in [5, 5.41) is 11.9. The fourth-order valence-electron chi connectivity index (χ4n) is 2.14. The van der Waals surface area contributed by atoms with Crippen LogP contribution in [0.15, 0.2) is 0 Å². The first-order chi connectivity index (χ1) is 8.45. The SMILES string of the molecule is C#CCC(C)NC(=O)N1CCC(C)CC1C(=O)O. The molecule has 2 N–H and O–H groups in total. The molecule has 2 amide bonds. The van der Waals surface area contributed by atoms with Gasteiger partial charge in [-0.25, -0.2) is 9.59 Å². The minimum absolute atomic E-state index is 0.142. The Morgan fingerprint density at radius 1 is 1.61 bits per heavy atom. The van der Waals surface area contributed by atoms with Gasteiger partial charge in [0, 0.05) is 19.0 Å². The van der Waals surface area contributed by atoms with Crippen molar-refractivity contribution < 1.29 is 14.7 Å². The van der Waals surface area contributed by atoms with Gasteiger partial charge in [0.25, 0.3) is 0 Å². The van der Waals surface area contributed by atoms with Crippen LogP contribution in [0.25, 0.3) is 0 Å². The number of terminal acetylenes is 1. The molecule has 1 saturated heterocycles. The maximum Gasteiger partial charge on any atom is 0.326 e. The molecule has 0 radical (unpaired) electrons. The fraction of sp³-hybridized carbons (Fsp3) is 0.692. The van der Waals surface area contributed by atoms with E-state index in [1.807, 2.05) is 6.92 Å². The van der Waals surface area contributed by atoms with Gasteiger partial charge in [0.15, 0.2) is 0 Å². The number of piperidine rings is 1. The van der Waals surface area contributed by atoms with Gasteiger partial charge in [-0.1, -0.05) is 6.92 Å². The van der Waals surface area contributed by atoms with Gasteiger partial charge < -0.3 is 15.3 Å². The number of amides is 2. The van der Waals surface area contributed by atoms with E-state index in [0.717, 1.165) is 6.42 Å². The summed E-state index contributed by atoms with van der Waals surface area (Å²) >= 11 is 0. The molecule has 5 heteroatoms. The van der Waals surface area contributed by atoms with Crippen LogP contribution >= 0.6 is 0 Å². The summed E-state index contributed by atoms with van der Waals surface area (Å²) in [6, 6.07) is -1.21. The lowest BCUT2D eigenvalue weighted by atomic mass is 9.93. The zero-order valence-electron chi connectivity index (χ0n) is 10.8. The zero-order valence-corrected chi connectivity index (χ0v) is 10.8. The van der Waals surface area contributed by atoms with Crippen LogP contribution in [0.2, 0.25) is 0 Å². The summed E-state index contributed by atoms with van der Waals surface area (Å²) in [6.07, 6.45) is 6.95. The Kier molecular flexibility index (Phi) is 5.02. The first-order valence-electron chi connectivity index (χ1n) is 6.19. The van der Waals surface area contributed by atoms with Gasteiger partial charge in [-0.3, -0.25) is 0 Å². The van der Waals surface area contributed by atoms with Crippen molar-refractivity contribution in [3.05, 3.63) is 0 Å². The summed E-state index contributed by atoms with van der Waals surface area (Å²) in [6.45, 7) is 4.29. The molecule has 0 aliphatic carbocycles. The van der Waals surface area contributed by atoms with Crippen LogP contribution in [0.1, 0.15) is 33.1 Å². The van der Waals surface area contributed by atoms with Crippen molar-refractivity contribution in [3.8, 4) is 12.3 Å². The maximum absolute atomic E-state index is 12.0. The van der Waals surface area contributed by atoms with Crippen molar-refractivity contribution in [2.45, 2.75) is 45.2 Å². The van der Waals surface area contributed by atoms with Crippen LogP contribution in [0.5, 0.6) is 0 Å². The van der Waals surface area contributed by atoms with Crippen LogP contribution in [0, 0.1) is 18.3 Å². The highest BCUT2D eigenvalue weighted by Crippen LogP contribution is 2.22. The van der Waals surface area contributed by atoms with E-state index in [9.17, 15) is 9.59 Å². The number of rotatable bonds is 3. The molecule has 5 nitrogen and oxygen atoms in total. The molecule has 0 spiro atoms. The minimum Gasteiger partial charge on any atom is -0.480 e. The van der Waals surface area contributed by atoms with E-state index >= 15 is 0 Å². The Morgan fingerprint density at radius 2 is 2.28 bits per heavy atom. The number of hydrogen-bond acceptors (Lipinski definition) is 2. The Hall–Kier alpha value is -1.70. The number of nitrogens with zero attached hydrogens (tertiary/aromatic N) is 1. The van der Waals surface area contributed by atoms with Gasteiger partial charge in [-0.2, -0.15) is 0 Å². The Bertz CT molecular complexity index is 362. The molecule has 1 aliphatic rings.